The first-order valence-electron chi connectivity index (χ1n) is 5.05. The van der Waals surface area contributed by atoms with Crippen LogP contribution in [0.25, 0.3) is 0 Å². The standard InChI is InChI=1S/C10H18O4/c1-2-14-10-4-6-12-7-9(11)3-5-13-8-10/h9-10H,1-8H2. The Bertz CT molecular complexity index is 128. The van der Waals surface area contributed by atoms with Crippen molar-refractivity contribution in [1.29, 1.82) is 0 Å². The molecule has 0 spiro atoms. The van der Waals surface area contributed by atoms with Crippen LogP contribution >= 0.6 is 0 Å². The Morgan fingerprint density at radius 3 is 2.71 bits per heavy atom. The highest BCUT2D eigenvalue weighted by Crippen LogP contribution is 2.05. The van der Waals surface area contributed by atoms with E-state index in [4.69, 9.17) is 14.2 Å². The van der Waals surface area contributed by atoms with Crippen LogP contribution in [0.2, 0.25) is 0 Å². The molecule has 4 nitrogen and oxygen atoms in total. The fourth-order valence-corrected chi connectivity index (χ4v) is 1.32. The Morgan fingerprint density at radius 1 is 1.21 bits per heavy atom. The highest BCUT2D eigenvalue weighted by atomic mass is 16.5. The molecule has 0 aromatic rings. The van der Waals surface area contributed by atoms with Crippen LogP contribution < -0.4 is 0 Å². The van der Waals surface area contributed by atoms with Crippen LogP contribution in [-0.2, 0) is 19.3 Å². The monoisotopic (exact) mass is 202 g/mol. The lowest BCUT2D eigenvalue weighted by Gasteiger charge is -2.19. The molecule has 82 valence electrons. The van der Waals surface area contributed by atoms with Crippen LogP contribution in [0, 0.1) is 6.92 Å². The van der Waals surface area contributed by atoms with E-state index in [0.29, 0.717) is 32.8 Å². The van der Waals surface area contributed by atoms with Gasteiger partial charge in [-0.2, -0.15) is 0 Å². The molecule has 1 saturated heterocycles. The van der Waals surface area contributed by atoms with Gasteiger partial charge in [-0.25, -0.2) is 5.11 Å². The van der Waals surface area contributed by atoms with Crippen LogP contribution in [0.1, 0.15) is 12.8 Å². The van der Waals surface area contributed by atoms with Crippen molar-refractivity contribution in [3.05, 3.63) is 6.92 Å². The summed E-state index contributed by atoms with van der Waals surface area (Å²) in [5, 5.41) is 11.1. The van der Waals surface area contributed by atoms with Gasteiger partial charge in [0.1, 0.15) is 6.10 Å². The van der Waals surface area contributed by atoms with Gasteiger partial charge in [-0.05, 0) is 13.3 Å². The second kappa shape index (κ2) is 7.17. The summed E-state index contributed by atoms with van der Waals surface area (Å²) >= 11 is 0. The topological polar surface area (TPSA) is 47.6 Å². The summed E-state index contributed by atoms with van der Waals surface area (Å²) in [4.78, 5) is 0. The third-order valence-electron chi connectivity index (χ3n) is 2.13. The lowest BCUT2D eigenvalue weighted by Crippen LogP contribution is -2.26. The van der Waals surface area contributed by atoms with Gasteiger partial charge in [0.2, 0.25) is 0 Å². The number of hydrogen-bond acceptors (Lipinski definition) is 3. The van der Waals surface area contributed by atoms with Crippen molar-refractivity contribution in [1.82, 2.24) is 0 Å². The van der Waals surface area contributed by atoms with Gasteiger partial charge < -0.3 is 14.2 Å². The van der Waals surface area contributed by atoms with Gasteiger partial charge in [-0.3, -0.25) is 0 Å². The van der Waals surface area contributed by atoms with E-state index < -0.39 is 6.10 Å². The Balaban J connectivity index is 2.24. The van der Waals surface area contributed by atoms with Gasteiger partial charge in [-0.1, -0.05) is 0 Å². The minimum atomic E-state index is -0.652. The van der Waals surface area contributed by atoms with Crippen LogP contribution in [0.5, 0.6) is 0 Å². The summed E-state index contributed by atoms with van der Waals surface area (Å²) in [5.74, 6) is 0. The second-order valence-electron chi connectivity index (χ2n) is 3.34. The van der Waals surface area contributed by atoms with Crippen molar-refractivity contribution in [2.24, 2.45) is 0 Å². The smallest absolute Gasteiger partial charge is 0.118 e. The molecule has 0 saturated carbocycles. The molecule has 1 aliphatic rings. The van der Waals surface area contributed by atoms with Crippen LogP contribution in [0.15, 0.2) is 0 Å². The molecule has 14 heavy (non-hydrogen) atoms. The van der Waals surface area contributed by atoms with Crippen molar-refractivity contribution in [3.63, 3.8) is 0 Å². The maximum absolute atomic E-state index is 11.1. The Labute approximate surface area is 85.2 Å². The molecule has 1 rings (SSSR count). The van der Waals surface area contributed by atoms with E-state index in [-0.39, 0.29) is 12.7 Å². The van der Waals surface area contributed by atoms with E-state index in [1.54, 1.807) is 0 Å². The SMILES string of the molecule is [CH2]COC1CCOCC([O])CCOC1. The molecular weight excluding hydrogens is 184 g/mol. The van der Waals surface area contributed by atoms with E-state index in [1.807, 2.05) is 0 Å². The van der Waals surface area contributed by atoms with E-state index in [2.05, 4.69) is 6.92 Å². The number of rotatable bonds is 2. The zero-order chi connectivity index (χ0) is 10.2. The van der Waals surface area contributed by atoms with Crippen LogP contribution in [0.4, 0.5) is 0 Å². The van der Waals surface area contributed by atoms with Gasteiger partial charge in [0, 0.05) is 26.2 Å². The fraction of sp³-hybridized carbons (Fsp3) is 0.900. The Kier molecular flexibility index (Phi) is 6.10. The zero-order valence-electron chi connectivity index (χ0n) is 8.44. The van der Waals surface area contributed by atoms with E-state index in [9.17, 15) is 5.11 Å². The molecule has 1 fully saturated rings. The van der Waals surface area contributed by atoms with Crippen molar-refractivity contribution in [2.45, 2.75) is 25.0 Å². The first-order valence-corrected chi connectivity index (χ1v) is 5.05. The lowest BCUT2D eigenvalue weighted by atomic mass is 10.2. The van der Waals surface area contributed by atoms with Gasteiger partial charge in [0.15, 0.2) is 0 Å². The minimum absolute atomic E-state index is 0.0516. The number of ether oxygens (including phenoxy) is 3. The maximum atomic E-state index is 11.1. The molecule has 2 atom stereocenters. The van der Waals surface area contributed by atoms with Gasteiger partial charge in [0.25, 0.3) is 0 Å². The average molecular weight is 202 g/mol. The van der Waals surface area contributed by atoms with Gasteiger partial charge in [-0.15, -0.1) is 0 Å². The van der Waals surface area contributed by atoms with Crippen LogP contribution in [-0.4, -0.2) is 45.2 Å². The molecular formula is C10H18O4. The normalized spacial score (nSPS) is 31.3. The van der Waals surface area contributed by atoms with Gasteiger partial charge in [0.05, 0.1) is 19.3 Å². The number of hydrogen-bond donors (Lipinski definition) is 0. The highest BCUT2D eigenvalue weighted by molar-refractivity contribution is 4.61. The van der Waals surface area contributed by atoms with E-state index in [1.165, 1.54) is 0 Å². The quantitative estimate of drug-likeness (QED) is 0.666. The molecule has 0 aromatic heterocycles. The predicted molar refractivity (Wildman–Crippen MR) is 50.4 cm³/mol. The largest absolute Gasteiger partial charge is 0.379 e. The van der Waals surface area contributed by atoms with Crippen molar-refractivity contribution < 1.29 is 19.3 Å². The summed E-state index contributed by atoms with van der Waals surface area (Å²) in [5.41, 5.74) is 0. The van der Waals surface area contributed by atoms with E-state index >= 15 is 0 Å². The summed E-state index contributed by atoms with van der Waals surface area (Å²) in [7, 11) is 0. The summed E-state index contributed by atoms with van der Waals surface area (Å²) in [6.45, 7) is 5.93. The maximum Gasteiger partial charge on any atom is 0.118 e. The molecule has 1 heterocycles. The second-order valence-corrected chi connectivity index (χ2v) is 3.34. The molecule has 0 N–H and O–H groups in total. The summed E-state index contributed by atoms with van der Waals surface area (Å²) in [6.07, 6.45) is 0.676. The highest BCUT2D eigenvalue weighted by Gasteiger charge is 2.13. The molecule has 2 unspecified atom stereocenters. The van der Waals surface area contributed by atoms with Crippen molar-refractivity contribution in [2.75, 3.05) is 33.0 Å². The molecule has 4 heteroatoms. The fourth-order valence-electron chi connectivity index (χ4n) is 1.32. The summed E-state index contributed by atoms with van der Waals surface area (Å²) < 4.78 is 15.9. The molecule has 0 amide bonds. The molecule has 2 radical (unpaired) electrons. The third kappa shape index (κ3) is 4.91. The first kappa shape index (κ1) is 11.9. The Morgan fingerprint density at radius 2 is 1.93 bits per heavy atom. The van der Waals surface area contributed by atoms with E-state index in [0.717, 1.165) is 6.42 Å². The predicted octanol–water partition coefficient (Wildman–Crippen LogP) is 0.832. The molecule has 1 aliphatic heterocycles. The summed E-state index contributed by atoms with van der Waals surface area (Å²) in [6, 6.07) is 0. The van der Waals surface area contributed by atoms with Crippen LogP contribution in [0.3, 0.4) is 0 Å². The molecule has 0 aromatic carbocycles. The van der Waals surface area contributed by atoms with Gasteiger partial charge >= 0.3 is 0 Å². The molecule has 0 aliphatic carbocycles. The van der Waals surface area contributed by atoms with Crippen molar-refractivity contribution >= 4 is 0 Å². The average Bonchev–Trinajstić information content (AvgIpc) is 2.19. The molecule has 0 bridgehead atoms. The third-order valence-corrected chi connectivity index (χ3v) is 2.13. The zero-order valence-corrected chi connectivity index (χ0v) is 8.44. The van der Waals surface area contributed by atoms with Crippen molar-refractivity contribution in [3.8, 4) is 0 Å². The Hall–Kier alpha value is -0.160. The first-order chi connectivity index (χ1) is 6.83. The lowest BCUT2D eigenvalue weighted by molar-refractivity contribution is -0.0694. The minimum Gasteiger partial charge on any atom is -0.379 e.